The molecule has 8 heteroatoms. The molecule has 3 aromatic heterocycles. The third kappa shape index (κ3) is 2.85. The molecule has 0 bridgehead atoms. The van der Waals surface area contributed by atoms with E-state index in [0.717, 1.165) is 22.2 Å². The lowest BCUT2D eigenvalue weighted by atomic mass is 10.1. The highest BCUT2D eigenvalue weighted by molar-refractivity contribution is 6.02. The standard InChI is InChI=1S/C17H14N6O2/c1-10-20-14(8-25-10)16(24)22-17-19-6-12-4-3-11(5-13(12)21-17)15-7-18-9-23(15)2/h3-9H,1-2H3,(H,19,21,22,24). The number of nitrogens with zero attached hydrogens (tertiary/aromatic N) is 5. The minimum absolute atomic E-state index is 0.185. The molecule has 0 spiro atoms. The molecule has 25 heavy (non-hydrogen) atoms. The van der Waals surface area contributed by atoms with Gasteiger partial charge in [0.1, 0.15) is 6.26 Å². The lowest BCUT2D eigenvalue weighted by molar-refractivity contribution is 0.102. The first kappa shape index (κ1) is 15.0. The number of amides is 1. The number of aryl methyl sites for hydroxylation is 2. The summed E-state index contributed by atoms with van der Waals surface area (Å²) in [6, 6.07) is 5.85. The number of hydrogen-bond donors (Lipinski definition) is 1. The molecule has 8 nitrogen and oxygen atoms in total. The van der Waals surface area contributed by atoms with Gasteiger partial charge in [-0.3, -0.25) is 10.1 Å². The maximum absolute atomic E-state index is 12.1. The van der Waals surface area contributed by atoms with Crippen LogP contribution in [0.15, 0.2) is 47.6 Å². The van der Waals surface area contributed by atoms with E-state index in [0.29, 0.717) is 5.89 Å². The molecule has 0 saturated heterocycles. The van der Waals surface area contributed by atoms with Crippen molar-refractivity contribution in [3.05, 3.63) is 54.8 Å². The Morgan fingerprint density at radius 1 is 1.24 bits per heavy atom. The van der Waals surface area contributed by atoms with Crippen LogP contribution in [0.1, 0.15) is 16.4 Å². The molecular weight excluding hydrogens is 320 g/mol. The van der Waals surface area contributed by atoms with Gasteiger partial charge in [-0.2, -0.15) is 0 Å². The van der Waals surface area contributed by atoms with E-state index in [2.05, 4.69) is 25.3 Å². The molecule has 3 heterocycles. The molecular formula is C17H14N6O2. The second-order valence-electron chi connectivity index (χ2n) is 5.56. The Kier molecular flexibility index (Phi) is 3.50. The Morgan fingerprint density at radius 3 is 2.84 bits per heavy atom. The van der Waals surface area contributed by atoms with Crippen LogP contribution in [0, 0.1) is 6.92 Å². The summed E-state index contributed by atoms with van der Waals surface area (Å²) in [5.74, 6) is 0.213. The molecule has 1 amide bonds. The largest absolute Gasteiger partial charge is 0.448 e. The number of carbonyl (C=O) groups is 1. The van der Waals surface area contributed by atoms with Crippen molar-refractivity contribution in [3.8, 4) is 11.3 Å². The SMILES string of the molecule is Cc1nc(C(=O)Nc2ncc3ccc(-c4cncn4C)cc3n2)co1. The quantitative estimate of drug-likeness (QED) is 0.618. The van der Waals surface area contributed by atoms with Crippen LogP contribution < -0.4 is 5.32 Å². The molecule has 0 fully saturated rings. The third-order valence-corrected chi connectivity index (χ3v) is 3.77. The molecule has 4 rings (SSSR count). The number of aromatic nitrogens is 5. The van der Waals surface area contributed by atoms with Crippen molar-refractivity contribution in [3.63, 3.8) is 0 Å². The maximum atomic E-state index is 12.1. The number of oxazole rings is 1. The van der Waals surface area contributed by atoms with Gasteiger partial charge in [0.15, 0.2) is 11.6 Å². The molecule has 0 aliphatic rings. The van der Waals surface area contributed by atoms with Gasteiger partial charge in [0.05, 0.1) is 23.7 Å². The van der Waals surface area contributed by atoms with Gasteiger partial charge in [-0.25, -0.2) is 19.9 Å². The van der Waals surface area contributed by atoms with Crippen molar-refractivity contribution in [2.75, 3.05) is 5.32 Å². The second-order valence-corrected chi connectivity index (χ2v) is 5.56. The van der Waals surface area contributed by atoms with E-state index in [1.54, 1.807) is 25.6 Å². The summed E-state index contributed by atoms with van der Waals surface area (Å²) in [6.07, 6.45) is 6.49. The number of nitrogens with one attached hydrogen (secondary N) is 1. The first-order chi connectivity index (χ1) is 12.1. The predicted molar refractivity (Wildman–Crippen MR) is 90.9 cm³/mol. The number of hydrogen-bond acceptors (Lipinski definition) is 6. The number of anilines is 1. The highest BCUT2D eigenvalue weighted by Crippen LogP contribution is 2.23. The Bertz CT molecular complexity index is 1080. The Labute approximate surface area is 142 Å². The summed E-state index contributed by atoms with van der Waals surface area (Å²) < 4.78 is 6.97. The number of imidazole rings is 1. The number of benzene rings is 1. The van der Waals surface area contributed by atoms with Crippen molar-refractivity contribution < 1.29 is 9.21 Å². The molecule has 0 aliphatic heterocycles. The van der Waals surface area contributed by atoms with Crippen LogP contribution >= 0.6 is 0 Å². The van der Waals surface area contributed by atoms with E-state index in [9.17, 15) is 4.79 Å². The van der Waals surface area contributed by atoms with Crippen molar-refractivity contribution in [1.82, 2.24) is 24.5 Å². The first-order valence-corrected chi connectivity index (χ1v) is 7.57. The summed E-state index contributed by atoms with van der Waals surface area (Å²) in [5.41, 5.74) is 2.87. The molecule has 1 aromatic carbocycles. The zero-order valence-electron chi connectivity index (χ0n) is 13.6. The predicted octanol–water partition coefficient (Wildman–Crippen LogP) is 2.58. The Hall–Kier alpha value is -3.55. The second kappa shape index (κ2) is 5.82. The van der Waals surface area contributed by atoms with Crippen LogP contribution in [0.5, 0.6) is 0 Å². The van der Waals surface area contributed by atoms with E-state index >= 15 is 0 Å². The number of fused-ring (bicyclic) bond motifs is 1. The van der Waals surface area contributed by atoms with Gasteiger partial charge >= 0.3 is 0 Å². The molecule has 0 atom stereocenters. The van der Waals surface area contributed by atoms with Gasteiger partial charge in [-0.15, -0.1) is 0 Å². The van der Waals surface area contributed by atoms with Crippen LogP contribution in [0.3, 0.4) is 0 Å². The fourth-order valence-electron chi connectivity index (χ4n) is 2.51. The lowest BCUT2D eigenvalue weighted by Crippen LogP contribution is -2.14. The summed E-state index contributed by atoms with van der Waals surface area (Å²) in [4.78, 5) is 28.8. The Morgan fingerprint density at radius 2 is 2.12 bits per heavy atom. The molecule has 0 saturated carbocycles. The molecule has 4 aromatic rings. The van der Waals surface area contributed by atoms with E-state index in [-0.39, 0.29) is 11.6 Å². The average molecular weight is 334 g/mol. The van der Waals surface area contributed by atoms with Crippen molar-refractivity contribution >= 4 is 22.8 Å². The molecule has 0 aliphatic carbocycles. The zero-order valence-corrected chi connectivity index (χ0v) is 13.6. The van der Waals surface area contributed by atoms with Gasteiger partial charge in [-0.1, -0.05) is 12.1 Å². The van der Waals surface area contributed by atoms with Crippen molar-refractivity contribution in [2.24, 2.45) is 7.05 Å². The third-order valence-electron chi connectivity index (χ3n) is 3.77. The minimum Gasteiger partial charge on any atom is -0.448 e. The van der Waals surface area contributed by atoms with Gasteiger partial charge in [0.25, 0.3) is 5.91 Å². The number of carbonyl (C=O) groups excluding carboxylic acids is 1. The van der Waals surface area contributed by atoms with Crippen LogP contribution in [0.4, 0.5) is 5.95 Å². The van der Waals surface area contributed by atoms with E-state index in [1.807, 2.05) is 29.8 Å². The number of rotatable bonds is 3. The summed E-state index contributed by atoms with van der Waals surface area (Å²) in [6.45, 7) is 1.67. The Balaban J connectivity index is 1.67. The monoisotopic (exact) mass is 334 g/mol. The van der Waals surface area contributed by atoms with Crippen LogP contribution in [-0.4, -0.2) is 30.4 Å². The summed E-state index contributed by atoms with van der Waals surface area (Å²) in [7, 11) is 1.93. The van der Waals surface area contributed by atoms with E-state index in [1.165, 1.54) is 6.26 Å². The molecule has 124 valence electrons. The van der Waals surface area contributed by atoms with Gasteiger partial charge in [0, 0.05) is 31.1 Å². The fraction of sp³-hybridized carbons (Fsp3) is 0.118. The van der Waals surface area contributed by atoms with Gasteiger partial charge < -0.3 is 8.98 Å². The van der Waals surface area contributed by atoms with Crippen molar-refractivity contribution in [1.29, 1.82) is 0 Å². The molecule has 0 unspecified atom stereocenters. The zero-order chi connectivity index (χ0) is 17.4. The molecule has 0 radical (unpaired) electrons. The topological polar surface area (TPSA) is 98.7 Å². The molecule has 1 N–H and O–H groups in total. The van der Waals surface area contributed by atoms with Crippen LogP contribution in [-0.2, 0) is 7.05 Å². The average Bonchev–Trinajstić information content (AvgIpc) is 3.22. The van der Waals surface area contributed by atoms with Crippen LogP contribution in [0.2, 0.25) is 0 Å². The van der Waals surface area contributed by atoms with E-state index < -0.39 is 5.91 Å². The van der Waals surface area contributed by atoms with Gasteiger partial charge in [-0.05, 0) is 6.07 Å². The summed E-state index contributed by atoms with van der Waals surface area (Å²) >= 11 is 0. The van der Waals surface area contributed by atoms with Crippen molar-refractivity contribution in [2.45, 2.75) is 6.92 Å². The normalized spacial score (nSPS) is 11.0. The maximum Gasteiger partial charge on any atom is 0.279 e. The van der Waals surface area contributed by atoms with Crippen LogP contribution in [0.25, 0.3) is 22.2 Å². The van der Waals surface area contributed by atoms with E-state index in [4.69, 9.17) is 4.42 Å². The first-order valence-electron chi connectivity index (χ1n) is 7.57. The highest BCUT2D eigenvalue weighted by atomic mass is 16.3. The van der Waals surface area contributed by atoms with Gasteiger partial charge in [0.2, 0.25) is 5.95 Å². The fourth-order valence-corrected chi connectivity index (χ4v) is 2.51. The minimum atomic E-state index is -0.418. The summed E-state index contributed by atoms with van der Waals surface area (Å²) in [5, 5.41) is 3.50. The smallest absolute Gasteiger partial charge is 0.279 e. The highest BCUT2D eigenvalue weighted by Gasteiger charge is 2.13. The lowest BCUT2D eigenvalue weighted by Gasteiger charge is -2.06.